The van der Waals surface area contributed by atoms with E-state index in [-0.39, 0.29) is 11.6 Å². The van der Waals surface area contributed by atoms with Gasteiger partial charge in [0.05, 0.1) is 5.69 Å². The first-order chi connectivity index (χ1) is 9.98. The van der Waals surface area contributed by atoms with Gasteiger partial charge in [-0.25, -0.2) is 0 Å². The third-order valence-corrected chi connectivity index (χ3v) is 5.13. The molecule has 0 bridgehead atoms. The summed E-state index contributed by atoms with van der Waals surface area (Å²) in [5, 5.41) is 4.55. The normalized spacial score (nSPS) is 13.9. The number of likely N-dealkylation sites (N-methyl/N-ethyl adjacent to an activating group) is 1. The Labute approximate surface area is 130 Å². The van der Waals surface area contributed by atoms with Crippen molar-refractivity contribution in [3.05, 3.63) is 17.5 Å². The summed E-state index contributed by atoms with van der Waals surface area (Å²) in [5.74, 6) is 0. The lowest BCUT2D eigenvalue weighted by molar-refractivity contribution is 0.0622. The lowest BCUT2D eigenvalue weighted by Gasteiger charge is -2.46. The highest BCUT2D eigenvalue weighted by molar-refractivity contribution is 5.14. The highest BCUT2D eigenvalue weighted by Gasteiger charge is 2.38. The van der Waals surface area contributed by atoms with Crippen molar-refractivity contribution in [1.82, 2.24) is 14.7 Å². The number of nitrogens with zero attached hydrogens (tertiary/aromatic N) is 3. The van der Waals surface area contributed by atoms with Crippen LogP contribution in [0.1, 0.15) is 58.8 Å². The average Bonchev–Trinajstić information content (AvgIpc) is 2.85. The van der Waals surface area contributed by atoms with Crippen LogP contribution in [0.4, 0.5) is 0 Å². The summed E-state index contributed by atoms with van der Waals surface area (Å²) in [6.45, 7) is 13.2. The molecule has 0 saturated heterocycles. The van der Waals surface area contributed by atoms with Crippen molar-refractivity contribution < 1.29 is 0 Å². The standard InChI is InChI=1S/C17H34N4/c1-7-14-12-15(20(6)19-14)13-16(18)17(8-2,9-3)21(10-4)11-5/h12,16H,7-11,13,18H2,1-6H3. The molecule has 1 aromatic heterocycles. The lowest BCUT2D eigenvalue weighted by atomic mass is 9.80. The molecular formula is C17H34N4. The molecule has 1 rings (SSSR count). The maximum Gasteiger partial charge on any atom is 0.0624 e. The molecule has 21 heavy (non-hydrogen) atoms. The van der Waals surface area contributed by atoms with E-state index in [4.69, 9.17) is 5.73 Å². The van der Waals surface area contributed by atoms with Crippen LogP contribution >= 0.6 is 0 Å². The molecule has 0 spiro atoms. The molecule has 1 heterocycles. The second-order valence-electron chi connectivity index (χ2n) is 5.90. The van der Waals surface area contributed by atoms with Gasteiger partial charge in [-0.15, -0.1) is 0 Å². The molecular weight excluding hydrogens is 260 g/mol. The fourth-order valence-electron chi connectivity index (χ4n) is 3.66. The van der Waals surface area contributed by atoms with Crippen LogP contribution in [0.15, 0.2) is 6.07 Å². The molecule has 0 aliphatic rings. The van der Waals surface area contributed by atoms with Crippen LogP contribution in [0.25, 0.3) is 0 Å². The van der Waals surface area contributed by atoms with Crippen molar-refractivity contribution in [2.75, 3.05) is 13.1 Å². The molecule has 0 saturated carbocycles. The van der Waals surface area contributed by atoms with Crippen LogP contribution in [0.2, 0.25) is 0 Å². The van der Waals surface area contributed by atoms with Crippen molar-refractivity contribution in [3.8, 4) is 0 Å². The smallest absolute Gasteiger partial charge is 0.0624 e. The molecule has 0 aliphatic carbocycles. The van der Waals surface area contributed by atoms with Crippen molar-refractivity contribution in [3.63, 3.8) is 0 Å². The van der Waals surface area contributed by atoms with Crippen LogP contribution in [0, 0.1) is 0 Å². The first kappa shape index (κ1) is 18.2. The Bertz CT molecular complexity index is 416. The number of rotatable bonds is 9. The van der Waals surface area contributed by atoms with E-state index in [1.54, 1.807) is 0 Å². The topological polar surface area (TPSA) is 47.1 Å². The van der Waals surface area contributed by atoms with Gasteiger partial charge in [0.1, 0.15) is 0 Å². The first-order valence-corrected chi connectivity index (χ1v) is 8.51. The molecule has 1 atom stereocenters. The van der Waals surface area contributed by atoms with Gasteiger partial charge in [0.25, 0.3) is 0 Å². The Kier molecular flexibility index (Phi) is 6.88. The quantitative estimate of drug-likeness (QED) is 0.762. The van der Waals surface area contributed by atoms with Crippen LogP contribution < -0.4 is 5.73 Å². The summed E-state index contributed by atoms with van der Waals surface area (Å²) in [4.78, 5) is 2.54. The van der Waals surface area contributed by atoms with Gasteiger partial charge in [0.15, 0.2) is 0 Å². The average molecular weight is 294 g/mol. The number of hydrogen-bond acceptors (Lipinski definition) is 3. The summed E-state index contributed by atoms with van der Waals surface area (Å²) in [6, 6.07) is 2.34. The fraction of sp³-hybridized carbons (Fsp3) is 0.824. The van der Waals surface area contributed by atoms with Crippen molar-refractivity contribution in [2.45, 2.75) is 71.9 Å². The third-order valence-electron chi connectivity index (χ3n) is 5.13. The van der Waals surface area contributed by atoms with Crippen molar-refractivity contribution >= 4 is 0 Å². The minimum atomic E-state index is 0.0835. The van der Waals surface area contributed by atoms with E-state index >= 15 is 0 Å². The predicted molar refractivity (Wildman–Crippen MR) is 90.5 cm³/mol. The van der Waals surface area contributed by atoms with Crippen molar-refractivity contribution in [2.24, 2.45) is 12.8 Å². The molecule has 1 unspecified atom stereocenters. The molecule has 0 aromatic carbocycles. The molecule has 2 N–H and O–H groups in total. The van der Waals surface area contributed by atoms with Crippen LogP contribution in [0.3, 0.4) is 0 Å². The van der Waals surface area contributed by atoms with Crippen molar-refractivity contribution in [1.29, 1.82) is 0 Å². The fourth-order valence-corrected chi connectivity index (χ4v) is 3.66. The maximum absolute atomic E-state index is 6.69. The van der Waals surface area contributed by atoms with Gasteiger partial charge >= 0.3 is 0 Å². The monoisotopic (exact) mass is 294 g/mol. The summed E-state index contributed by atoms with van der Waals surface area (Å²) >= 11 is 0. The Hall–Kier alpha value is -0.870. The van der Waals surface area contributed by atoms with Gasteiger partial charge in [-0.3, -0.25) is 9.58 Å². The van der Waals surface area contributed by atoms with Crippen LogP contribution in [-0.2, 0) is 19.9 Å². The molecule has 0 amide bonds. The highest BCUT2D eigenvalue weighted by atomic mass is 15.3. The number of aryl methyl sites for hydroxylation is 2. The second kappa shape index (κ2) is 7.95. The molecule has 4 heteroatoms. The number of aromatic nitrogens is 2. The zero-order chi connectivity index (χ0) is 16.0. The molecule has 122 valence electrons. The van der Waals surface area contributed by atoms with E-state index < -0.39 is 0 Å². The predicted octanol–water partition coefficient (Wildman–Crippen LogP) is 2.75. The third kappa shape index (κ3) is 3.67. The van der Waals surface area contributed by atoms with E-state index in [1.807, 2.05) is 11.7 Å². The van der Waals surface area contributed by atoms with E-state index in [2.05, 4.69) is 50.7 Å². The minimum absolute atomic E-state index is 0.0835. The number of hydrogen-bond donors (Lipinski definition) is 1. The van der Waals surface area contributed by atoms with E-state index in [0.29, 0.717) is 0 Å². The van der Waals surface area contributed by atoms with E-state index in [0.717, 1.165) is 44.5 Å². The Balaban J connectivity index is 3.00. The van der Waals surface area contributed by atoms with Crippen LogP contribution in [0.5, 0.6) is 0 Å². The number of nitrogens with two attached hydrogens (primary N) is 1. The van der Waals surface area contributed by atoms with E-state index in [9.17, 15) is 0 Å². The van der Waals surface area contributed by atoms with Gasteiger partial charge < -0.3 is 5.73 Å². The Morgan fingerprint density at radius 1 is 1.19 bits per heavy atom. The molecule has 0 aliphatic heterocycles. The highest BCUT2D eigenvalue weighted by Crippen LogP contribution is 2.29. The Morgan fingerprint density at radius 3 is 2.14 bits per heavy atom. The summed E-state index contributed by atoms with van der Waals surface area (Å²) in [7, 11) is 2.03. The van der Waals surface area contributed by atoms with Gasteiger partial charge in [0.2, 0.25) is 0 Å². The summed E-state index contributed by atoms with van der Waals surface area (Å²) in [5.41, 5.74) is 9.18. The zero-order valence-corrected chi connectivity index (χ0v) is 14.8. The molecule has 0 fully saturated rings. The zero-order valence-electron chi connectivity index (χ0n) is 14.8. The summed E-state index contributed by atoms with van der Waals surface area (Å²) in [6.07, 6.45) is 4.04. The van der Waals surface area contributed by atoms with Gasteiger partial charge in [-0.1, -0.05) is 34.6 Å². The first-order valence-electron chi connectivity index (χ1n) is 8.51. The van der Waals surface area contributed by atoms with E-state index in [1.165, 1.54) is 5.69 Å². The molecule has 1 aromatic rings. The van der Waals surface area contributed by atoms with Gasteiger partial charge in [0, 0.05) is 30.7 Å². The summed E-state index contributed by atoms with van der Waals surface area (Å²) < 4.78 is 2.00. The van der Waals surface area contributed by atoms with Crippen LogP contribution in [-0.4, -0.2) is 39.4 Å². The van der Waals surface area contributed by atoms with Gasteiger partial charge in [-0.05, 0) is 38.4 Å². The maximum atomic E-state index is 6.69. The second-order valence-corrected chi connectivity index (χ2v) is 5.90. The van der Waals surface area contributed by atoms with Gasteiger partial charge in [-0.2, -0.15) is 5.10 Å². The largest absolute Gasteiger partial charge is 0.326 e. The molecule has 4 nitrogen and oxygen atoms in total. The SMILES string of the molecule is CCc1cc(CC(N)C(CC)(CC)N(CC)CC)n(C)n1. The minimum Gasteiger partial charge on any atom is -0.326 e. The molecule has 0 radical (unpaired) electrons. The lowest BCUT2D eigenvalue weighted by Crippen LogP contribution is -2.60. The Morgan fingerprint density at radius 2 is 1.76 bits per heavy atom.